The maximum atomic E-state index is 11.7. The highest BCUT2D eigenvalue weighted by Gasteiger charge is 2.22. The molecule has 2 aromatic rings. The maximum Gasteiger partial charge on any atom is 0.360 e. The van der Waals surface area contributed by atoms with Gasteiger partial charge in [0.05, 0.1) is 19.3 Å². The Morgan fingerprint density at radius 1 is 1.40 bits per heavy atom. The minimum Gasteiger partial charge on any atom is -0.464 e. The van der Waals surface area contributed by atoms with Crippen LogP contribution in [0.2, 0.25) is 0 Å². The predicted octanol–water partition coefficient (Wildman–Crippen LogP) is 1.94. The molecule has 6 nitrogen and oxygen atoms in total. The SMILES string of the molecule is COC(=O)c1nnn(Cc2cncc(C)c2)c1C(C)C. The molecule has 6 heteroatoms. The second-order valence-corrected chi connectivity index (χ2v) is 5.00. The molecule has 106 valence electrons. The van der Waals surface area contributed by atoms with Crippen LogP contribution in [0, 0.1) is 6.92 Å². The lowest BCUT2D eigenvalue weighted by molar-refractivity contribution is 0.0592. The molecule has 0 aliphatic rings. The van der Waals surface area contributed by atoms with Crippen LogP contribution in [-0.4, -0.2) is 33.1 Å². The third kappa shape index (κ3) is 2.84. The Kier molecular flexibility index (Phi) is 4.12. The van der Waals surface area contributed by atoms with Gasteiger partial charge in [0, 0.05) is 12.4 Å². The number of ether oxygens (including phenoxy) is 1. The Bertz CT molecular complexity index is 619. The molecular weight excluding hydrogens is 256 g/mol. The quantitative estimate of drug-likeness (QED) is 0.797. The van der Waals surface area contributed by atoms with Crippen molar-refractivity contribution in [2.45, 2.75) is 33.2 Å². The summed E-state index contributed by atoms with van der Waals surface area (Å²) in [7, 11) is 1.34. The predicted molar refractivity (Wildman–Crippen MR) is 73.5 cm³/mol. The van der Waals surface area contributed by atoms with E-state index in [1.54, 1.807) is 17.1 Å². The second-order valence-electron chi connectivity index (χ2n) is 5.00. The number of esters is 1. The molecule has 0 saturated heterocycles. The smallest absolute Gasteiger partial charge is 0.360 e. The van der Waals surface area contributed by atoms with Gasteiger partial charge in [-0.15, -0.1) is 5.10 Å². The minimum absolute atomic E-state index is 0.122. The van der Waals surface area contributed by atoms with Gasteiger partial charge in [-0.25, -0.2) is 9.48 Å². The third-order valence-corrected chi connectivity index (χ3v) is 2.96. The molecule has 0 unspecified atom stereocenters. The number of rotatable bonds is 4. The van der Waals surface area contributed by atoms with E-state index in [1.165, 1.54) is 7.11 Å². The molecule has 0 amide bonds. The molecule has 0 saturated carbocycles. The van der Waals surface area contributed by atoms with Crippen LogP contribution in [0.1, 0.15) is 47.1 Å². The second kappa shape index (κ2) is 5.81. The molecule has 2 rings (SSSR count). The lowest BCUT2D eigenvalue weighted by atomic mass is 10.1. The first-order valence-electron chi connectivity index (χ1n) is 6.45. The largest absolute Gasteiger partial charge is 0.464 e. The Labute approximate surface area is 117 Å². The van der Waals surface area contributed by atoms with E-state index in [9.17, 15) is 4.79 Å². The summed E-state index contributed by atoms with van der Waals surface area (Å²) in [6, 6.07) is 2.04. The fraction of sp³-hybridized carbons (Fsp3) is 0.429. The van der Waals surface area contributed by atoms with Crippen LogP contribution >= 0.6 is 0 Å². The van der Waals surface area contributed by atoms with Crippen LogP contribution in [0.5, 0.6) is 0 Å². The fourth-order valence-corrected chi connectivity index (χ4v) is 2.13. The summed E-state index contributed by atoms with van der Waals surface area (Å²) in [5.74, 6) is -0.334. The van der Waals surface area contributed by atoms with Crippen molar-refractivity contribution < 1.29 is 9.53 Å². The highest BCUT2D eigenvalue weighted by molar-refractivity contribution is 5.88. The van der Waals surface area contributed by atoms with Gasteiger partial charge >= 0.3 is 5.97 Å². The standard InChI is InChI=1S/C14H18N4O2/c1-9(2)13-12(14(19)20-4)16-17-18(13)8-11-5-10(3)6-15-7-11/h5-7,9H,8H2,1-4H3. The van der Waals surface area contributed by atoms with Crippen LogP contribution in [0.4, 0.5) is 0 Å². The number of hydrogen-bond acceptors (Lipinski definition) is 5. The lowest BCUT2D eigenvalue weighted by Gasteiger charge is -2.10. The van der Waals surface area contributed by atoms with Gasteiger partial charge < -0.3 is 4.74 Å². The first-order valence-corrected chi connectivity index (χ1v) is 6.45. The number of carbonyl (C=O) groups excluding carboxylic acids is 1. The number of carbonyl (C=O) groups is 1. The first-order chi connectivity index (χ1) is 9.52. The van der Waals surface area contributed by atoms with Gasteiger partial charge in [-0.05, 0) is 24.0 Å². The van der Waals surface area contributed by atoms with Crippen LogP contribution in [0.3, 0.4) is 0 Å². The van der Waals surface area contributed by atoms with E-state index in [0.29, 0.717) is 6.54 Å². The van der Waals surface area contributed by atoms with Gasteiger partial charge in [-0.3, -0.25) is 4.98 Å². The van der Waals surface area contributed by atoms with Crippen LogP contribution in [0.15, 0.2) is 18.5 Å². The number of aromatic nitrogens is 4. The van der Waals surface area contributed by atoms with E-state index < -0.39 is 5.97 Å². The topological polar surface area (TPSA) is 69.9 Å². The molecule has 0 aliphatic carbocycles. The van der Waals surface area contributed by atoms with Crippen molar-refractivity contribution in [3.63, 3.8) is 0 Å². The monoisotopic (exact) mass is 274 g/mol. The van der Waals surface area contributed by atoms with Crippen molar-refractivity contribution in [1.29, 1.82) is 0 Å². The molecule has 0 aliphatic heterocycles. The van der Waals surface area contributed by atoms with E-state index in [0.717, 1.165) is 16.8 Å². The summed E-state index contributed by atoms with van der Waals surface area (Å²) in [6.45, 7) is 6.51. The van der Waals surface area contributed by atoms with Gasteiger partial charge in [0.25, 0.3) is 0 Å². The molecule has 2 heterocycles. The van der Waals surface area contributed by atoms with Gasteiger partial charge in [0.15, 0.2) is 5.69 Å². The molecular formula is C14H18N4O2. The molecule has 0 atom stereocenters. The Hall–Kier alpha value is -2.24. The van der Waals surface area contributed by atoms with Crippen molar-refractivity contribution in [3.8, 4) is 0 Å². The normalized spacial score (nSPS) is 10.8. The zero-order valence-electron chi connectivity index (χ0n) is 12.1. The zero-order valence-corrected chi connectivity index (χ0v) is 12.1. The van der Waals surface area contributed by atoms with Gasteiger partial charge in [-0.1, -0.05) is 25.1 Å². The van der Waals surface area contributed by atoms with E-state index >= 15 is 0 Å². The van der Waals surface area contributed by atoms with E-state index in [2.05, 4.69) is 15.3 Å². The summed E-state index contributed by atoms with van der Waals surface area (Å²) in [5.41, 5.74) is 3.16. The van der Waals surface area contributed by atoms with E-state index in [1.807, 2.05) is 26.8 Å². The van der Waals surface area contributed by atoms with Crippen LogP contribution < -0.4 is 0 Å². The lowest BCUT2D eigenvalue weighted by Crippen LogP contribution is -2.12. The Balaban J connectivity index is 2.37. The molecule has 20 heavy (non-hydrogen) atoms. The Morgan fingerprint density at radius 3 is 2.75 bits per heavy atom. The number of aryl methyl sites for hydroxylation is 1. The molecule has 0 spiro atoms. The molecule has 0 aromatic carbocycles. The fourth-order valence-electron chi connectivity index (χ4n) is 2.13. The highest BCUT2D eigenvalue weighted by atomic mass is 16.5. The van der Waals surface area contributed by atoms with Crippen molar-refractivity contribution in [2.75, 3.05) is 7.11 Å². The Morgan fingerprint density at radius 2 is 2.15 bits per heavy atom. The number of pyridine rings is 1. The molecule has 0 fully saturated rings. The zero-order chi connectivity index (χ0) is 14.7. The number of hydrogen-bond donors (Lipinski definition) is 0. The van der Waals surface area contributed by atoms with Gasteiger partial charge in [-0.2, -0.15) is 0 Å². The summed E-state index contributed by atoms with van der Waals surface area (Å²) < 4.78 is 6.47. The summed E-state index contributed by atoms with van der Waals surface area (Å²) in [6.07, 6.45) is 3.59. The van der Waals surface area contributed by atoms with Crippen LogP contribution in [0.25, 0.3) is 0 Å². The van der Waals surface area contributed by atoms with E-state index in [4.69, 9.17) is 4.74 Å². The van der Waals surface area contributed by atoms with Crippen molar-refractivity contribution in [2.24, 2.45) is 0 Å². The van der Waals surface area contributed by atoms with Gasteiger partial charge in [0.1, 0.15) is 0 Å². The molecule has 0 bridgehead atoms. The van der Waals surface area contributed by atoms with Crippen molar-refractivity contribution in [3.05, 3.63) is 41.0 Å². The average Bonchev–Trinajstić information content (AvgIpc) is 2.81. The van der Waals surface area contributed by atoms with Crippen LogP contribution in [-0.2, 0) is 11.3 Å². The maximum absolute atomic E-state index is 11.7. The number of methoxy groups -OCH3 is 1. The molecule has 2 aromatic heterocycles. The summed E-state index contributed by atoms with van der Waals surface area (Å²) in [4.78, 5) is 15.9. The minimum atomic E-state index is -0.456. The highest BCUT2D eigenvalue weighted by Crippen LogP contribution is 2.19. The van der Waals surface area contributed by atoms with Crippen molar-refractivity contribution >= 4 is 5.97 Å². The summed E-state index contributed by atoms with van der Waals surface area (Å²) >= 11 is 0. The van der Waals surface area contributed by atoms with Crippen molar-refractivity contribution in [1.82, 2.24) is 20.0 Å². The first kappa shape index (κ1) is 14.2. The third-order valence-electron chi connectivity index (χ3n) is 2.96. The molecule has 0 N–H and O–H groups in total. The van der Waals surface area contributed by atoms with Gasteiger partial charge in [0.2, 0.25) is 0 Å². The average molecular weight is 274 g/mol. The summed E-state index contributed by atoms with van der Waals surface area (Å²) in [5, 5.41) is 8.01. The number of nitrogens with zero attached hydrogens (tertiary/aromatic N) is 4. The van der Waals surface area contributed by atoms with E-state index in [-0.39, 0.29) is 11.6 Å². The molecule has 0 radical (unpaired) electrons.